The smallest absolute Gasteiger partial charge is 0.506 e. The Morgan fingerprint density at radius 1 is 1.34 bits per heavy atom. The number of carbonyl (C=O) groups excluding carboxylic acids is 1. The van der Waals surface area contributed by atoms with Crippen LogP contribution in [0.2, 0.25) is 0 Å². The van der Waals surface area contributed by atoms with Gasteiger partial charge in [0.05, 0.1) is 23.0 Å². The number of fused-ring (bicyclic) bond motifs is 1. The van der Waals surface area contributed by atoms with Gasteiger partial charge in [-0.1, -0.05) is 5.92 Å². The molecule has 0 saturated heterocycles. The van der Waals surface area contributed by atoms with Crippen molar-refractivity contribution in [2.75, 3.05) is 20.2 Å². The molecule has 1 heterocycles. The lowest BCUT2D eigenvalue weighted by Gasteiger charge is -2.17. The maximum atomic E-state index is 12.0. The van der Waals surface area contributed by atoms with E-state index in [2.05, 4.69) is 26.6 Å². The molecule has 0 radical (unpaired) electrons. The summed E-state index contributed by atoms with van der Waals surface area (Å²) in [6.45, 7) is -0.138. The van der Waals surface area contributed by atoms with Gasteiger partial charge in [-0.25, -0.2) is 9.59 Å². The van der Waals surface area contributed by atoms with E-state index in [4.69, 9.17) is 20.7 Å². The van der Waals surface area contributed by atoms with Crippen LogP contribution in [0.25, 0.3) is 11.0 Å². The van der Waals surface area contributed by atoms with Crippen molar-refractivity contribution >= 4 is 39.0 Å². The van der Waals surface area contributed by atoms with Gasteiger partial charge in [0.15, 0.2) is 0 Å². The number of aliphatic carboxylic acids is 1. The predicted molar refractivity (Wildman–Crippen MR) is 105 cm³/mol. The molecule has 0 aliphatic carbocycles. The molecule has 2 aromatic rings. The van der Waals surface area contributed by atoms with Gasteiger partial charge in [0.2, 0.25) is 0 Å². The number of phenols is 1. The zero-order valence-corrected chi connectivity index (χ0v) is 17.0. The van der Waals surface area contributed by atoms with E-state index >= 15 is 0 Å². The van der Waals surface area contributed by atoms with E-state index in [0.29, 0.717) is 27.5 Å². The van der Waals surface area contributed by atoms with Crippen LogP contribution in [0.1, 0.15) is 17.5 Å². The van der Waals surface area contributed by atoms with Crippen LogP contribution in [-0.4, -0.2) is 47.4 Å². The number of aromatic hydroxyl groups is 1. The van der Waals surface area contributed by atoms with E-state index in [1.54, 1.807) is 11.9 Å². The van der Waals surface area contributed by atoms with Gasteiger partial charge in [-0.2, -0.15) is 0 Å². The number of carbonyl (C=O) groups is 2. The van der Waals surface area contributed by atoms with Gasteiger partial charge in [-0.3, -0.25) is 9.69 Å². The molecule has 0 bridgehead atoms. The fraction of sp³-hybridized carbons (Fsp3) is 0.316. The van der Waals surface area contributed by atoms with Crippen molar-refractivity contribution in [1.82, 2.24) is 4.90 Å². The van der Waals surface area contributed by atoms with E-state index < -0.39 is 17.8 Å². The van der Waals surface area contributed by atoms with Crippen LogP contribution in [0.15, 0.2) is 25.8 Å². The molecule has 0 fully saturated rings. The molecule has 0 unspecified atom stereocenters. The van der Waals surface area contributed by atoms with Gasteiger partial charge in [-0.05, 0) is 29.0 Å². The molecule has 10 heteroatoms. The third-order valence-electron chi connectivity index (χ3n) is 3.81. The number of terminal acetylenes is 1. The number of phenolic OH excluding ortho intramolecular Hbond substituents is 1. The van der Waals surface area contributed by atoms with Gasteiger partial charge in [0.25, 0.3) is 0 Å². The molecule has 2 rings (SSSR count). The average Bonchev–Trinajstić information content (AvgIpc) is 2.64. The van der Waals surface area contributed by atoms with Crippen molar-refractivity contribution in [1.29, 1.82) is 0 Å². The zero-order chi connectivity index (χ0) is 21.6. The summed E-state index contributed by atoms with van der Waals surface area (Å²) in [6, 6.07) is 2.69. The Balaban J connectivity index is 2.33. The van der Waals surface area contributed by atoms with Crippen molar-refractivity contribution < 1.29 is 33.7 Å². The van der Waals surface area contributed by atoms with Crippen molar-refractivity contribution in [3.05, 3.63) is 38.2 Å². The third kappa shape index (κ3) is 5.97. The van der Waals surface area contributed by atoms with Crippen molar-refractivity contribution in [3.63, 3.8) is 0 Å². The lowest BCUT2D eigenvalue weighted by atomic mass is 10.1. The fourth-order valence-electron chi connectivity index (χ4n) is 2.53. The Bertz CT molecular complexity index is 1020. The first kappa shape index (κ1) is 22.3. The molecular weight excluding hydrogens is 450 g/mol. The van der Waals surface area contributed by atoms with Crippen molar-refractivity contribution in [2.45, 2.75) is 19.6 Å². The number of hydrogen-bond donors (Lipinski definition) is 2. The fourth-order valence-corrected chi connectivity index (χ4v) is 3.00. The highest BCUT2D eigenvalue weighted by molar-refractivity contribution is 9.10. The zero-order valence-electron chi connectivity index (χ0n) is 15.4. The number of ether oxygens (including phenoxy) is 2. The Kier molecular flexibility index (Phi) is 7.64. The van der Waals surface area contributed by atoms with Crippen LogP contribution in [0.5, 0.6) is 5.75 Å². The summed E-state index contributed by atoms with van der Waals surface area (Å²) < 4.78 is 15.2. The largest absolute Gasteiger partial charge is 0.508 e. The number of carboxylic acids is 1. The van der Waals surface area contributed by atoms with E-state index in [0.717, 1.165) is 6.07 Å². The number of halogens is 1. The van der Waals surface area contributed by atoms with Gasteiger partial charge in [-0.15, -0.1) is 6.42 Å². The van der Waals surface area contributed by atoms with Crippen LogP contribution in [0.4, 0.5) is 4.79 Å². The molecule has 1 aromatic carbocycles. The minimum atomic E-state index is -1.11. The van der Waals surface area contributed by atoms with Crippen LogP contribution >= 0.6 is 15.9 Å². The molecule has 0 saturated carbocycles. The monoisotopic (exact) mass is 467 g/mol. The summed E-state index contributed by atoms with van der Waals surface area (Å²) in [6.07, 6.45) is 3.88. The highest BCUT2D eigenvalue weighted by atomic mass is 79.9. The summed E-state index contributed by atoms with van der Waals surface area (Å²) in [5.41, 5.74) is 0.112. The lowest BCUT2D eigenvalue weighted by molar-refractivity contribution is -0.137. The Hall–Kier alpha value is -3.03. The lowest BCUT2D eigenvalue weighted by Crippen LogP contribution is -2.18. The summed E-state index contributed by atoms with van der Waals surface area (Å²) in [5.74, 6) is 1.27. The summed E-state index contributed by atoms with van der Waals surface area (Å²) in [5, 5.41) is 19.4. The second kappa shape index (κ2) is 9.95. The normalized spacial score (nSPS) is 10.7. The molecule has 1 aromatic heterocycles. The SMILES string of the molecule is C#CCN(C)Cc1c(O)c(Br)cc2c(COC(=O)OCCC(=O)O)cc(=O)oc12. The number of hydrogen-bond acceptors (Lipinski definition) is 8. The maximum Gasteiger partial charge on any atom is 0.508 e. The number of nitrogens with zero attached hydrogens (tertiary/aromatic N) is 1. The maximum absolute atomic E-state index is 12.0. The van der Waals surface area contributed by atoms with Crippen LogP contribution in [0.3, 0.4) is 0 Å². The highest BCUT2D eigenvalue weighted by Gasteiger charge is 2.19. The molecule has 2 N–H and O–H groups in total. The number of benzene rings is 1. The minimum Gasteiger partial charge on any atom is -0.506 e. The van der Waals surface area contributed by atoms with Gasteiger partial charge < -0.3 is 24.1 Å². The van der Waals surface area contributed by atoms with Crippen LogP contribution < -0.4 is 5.63 Å². The molecule has 0 amide bonds. The minimum absolute atomic E-state index is 0.101. The first-order valence-electron chi connectivity index (χ1n) is 8.33. The average molecular weight is 468 g/mol. The van der Waals surface area contributed by atoms with E-state index in [9.17, 15) is 19.5 Å². The molecule has 0 aliphatic heterocycles. The first-order valence-corrected chi connectivity index (χ1v) is 9.12. The van der Waals surface area contributed by atoms with E-state index in [1.165, 1.54) is 6.07 Å². The van der Waals surface area contributed by atoms with Crippen LogP contribution in [-0.2, 0) is 27.4 Å². The van der Waals surface area contributed by atoms with Crippen LogP contribution in [0, 0.1) is 12.3 Å². The van der Waals surface area contributed by atoms with Gasteiger partial charge in [0, 0.05) is 23.6 Å². The number of rotatable bonds is 8. The van der Waals surface area contributed by atoms with Gasteiger partial charge in [0.1, 0.15) is 24.5 Å². The molecule has 154 valence electrons. The summed E-state index contributed by atoms with van der Waals surface area (Å²) in [7, 11) is 1.74. The molecular formula is C19H18BrNO8. The summed E-state index contributed by atoms with van der Waals surface area (Å²) >= 11 is 3.26. The second-order valence-electron chi connectivity index (χ2n) is 6.06. The molecule has 29 heavy (non-hydrogen) atoms. The van der Waals surface area contributed by atoms with Crippen molar-refractivity contribution in [2.24, 2.45) is 0 Å². The Morgan fingerprint density at radius 3 is 2.72 bits per heavy atom. The molecule has 0 spiro atoms. The highest BCUT2D eigenvalue weighted by Crippen LogP contribution is 2.36. The second-order valence-corrected chi connectivity index (χ2v) is 6.91. The quantitative estimate of drug-likeness (QED) is 0.341. The standard InChI is InChI=1S/C19H18BrNO8/c1-3-5-21(2)9-13-17(25)14(20)8-12-11(7-16(24)29-18(12)13)10-28-19(26)27-6-4-15(22)23/h1,7-8,25H,4-6,9-10H2,2H3,(H,22,23). The predicted octanol–water partition coefficient (Wildman–Crippen LogP) is 2.45. The van der Waals surface area contributed by atoms with E-state index in [-0.39, 0.29) is 37.5 Å². The third-order valence-corrected chi connectivity index (χ3v) is 4.42. The molecule has 9 nitrogen and oxygen atoms in total. The van der Waals surface area contributed by atoms with Crippen molar-refractivity contribution in [3.8, 4) is 18.1 Å². The van der Waals surface area contributed by atoms with E-state index in [1.807, 2.05) is 0 Å². The van der Waals surface area contributed by atoms with Gasteiger partial charge >= 0.3 is 17.8 Å². The Morgan fingerprint density at radius 2 is 2.07 bits per heavy atom. The molecule has 0 atom stereocenters. The number of carboxylic acid groups (broad SMARTS) is 1. The first-order chi connectivity index (χ1) is 13.7. The Labute approximate surface area is 173 Å². The summed E-state index contributed by atoms with van der Waals surface area (Å²) in [4.78, 5) is 35.8. The molecule has 0 aliphatic rings. The topological polar surface area (TPSA) is 127 Å².